The molecule has 1 amide bonds. The van der Waals surface area contributed by atoms with Crippen LogP contribution in [0.2, 0.25) is 0 Å². The lowest BCUT2D eigenvalue weighted by Crippen LogP contribution is -2.44. The van der Waals surface area contributed by atoms with Crippen LogP contribution in [0.15, 0.2) is 35.7 Å². The highest BCUT2D eigenvalue weighted by Gasteiger charge is 2.34. The Morgan fingerprint density at radius 2 is 2.17 bits per heavy atom. The molecule has 0 spiro atoms. The minimum Gasteiger partial charge on any atom is -0.493 e. The van der Waals surface area contributed by atoms with Gasteiger partial charge in [0.2, 0.25) is 0 Å². The van der Waals surface area contributed by atoms with Crippen molar-refractivity contribution in [2.75, 3.05) is 40.1 Å². The molecule has 0 bridgehead atoms. The Kier molecular flexibility index (Phi) is 6.61. The van der Waals surface area contributed by atoms with Gasteiger partial charge in [-0.15, -0.1) is 11.3 Å². The number of carbonyl (C=O) groups is 1. The SMILES string of the molecule is COc1ccc(CN(C[C@H]2CCCO2)C(=O)c2cccs2)cc1OCC1(C)COC1. The molecule has 2 aliphatic heterocycles. The number of thiophene rings is 1. The predicted octanol–water partition coefficient (Wildman–Crippen LogP) is 3.99. The number of hydrogen-bond acceptors (Lipinski definition) is 6. The second kappa shape index (κ2) is 9.37. The van der Waals surface area contributed by atoms with E-state index in [2.05, 4.69) is 6.92 Å². The summed E-state index contributed by atoms with van der Waals surface area (Å²) in [5, 5.41) is 1.93. The summed E-state index contributed by atoms with van der Waals surface area (Å²) in [6.45, 7) is 6.00. The summed E-state index contributed by atoms with van der Waals surface area (Å²) in [6, 6.07) is 9.66. The first-order valence-electron chi connectivity index (χ1n) is 10.4. The molecule has 0 unspecified atom stereocenters. The van der Waals surface area contributed by atoms with Crippen molar-refractivity contribution < 1.29 is 23.7 Å². The molecule has 4 rings (SSSR count). The quantitative estimate of drug-likeness (QED) is 0.601. The molecular weight excluding hydrogens is 402 g/mol. The molecular formula is C23H29NO5S. The molecule has 1 aromatic heterocycles. The van der Waals surface area contributed by atoms with Gasteiger partial charge in [0.15, 0.2) is 11.5 Å². The molecule has 2 saturated heterocycles. The van der Waals surface area contributed by atoms with Crippen molar-refractivity contribution >= 4 is 17.2 Å². The van der Waals surface area contributed by atoms with Crippen LogP contribution >= 0.6 is 11.3 Å². The van der Waals surface area contributed by atoms with E-state index in [1.54, 1.807) is 7.11 Å². The van der Waals surface area contributed by atoms with Gasteiger partial charge < -0.3 is 23.8 Å². The largest absolute Gasteiger partial charge is 0.493 e. The number of nitrogens with zero attached hydrogens (tertiary/aromatic N) is 1. The Bertz CT molecular complexity index is 843. The monoisotopic (exact) mass is 431 g/mol. The van der Waals surface area contributed by atoms with Crippen LogP contribution in [0.3, 0.4) is 0 Å². The highest BCUT2D eigenvalue weighted by atomic mass is 32.1. The molecule has 1 aromatic carbocycles. The van der Waals surface area contributed by atoms with E-state index >= 15 is 0 Å². The Balaban J connectivity index is 1.50. The number of carbonyl (C=O) groups excluding carboxylic acids is 1. The van der Waals surface area contributed by atoms with Crippen LogP contribution in [0, 0.1) is 5.41 Å². The molecule has 0 saturated carbocycles. The summed E-state index contributed by atoms with van der Waals surface area (Å²) < 4.78 is 22.7. The predicted molar refractivity (Wildman–Crippen MR) is 115 cm³/mol. The second-order valence-electron chi connectivity index (χ2n) is 8.38. The summed E-state index contributed by atoms with van der Waals surface area (Å²) in [5.41, 5.74) is 1.05. The Labute approximate surface area is 181 Å². The molecule has 2 aromatic rings. The number of benzene rings is 1. The van der Waals surface area contributed by atoms with Crippen molar-refractivity contribution in [1.29, 1.82) is 0 Å². The molecule has 0 radical (unpaired) electrons. The number of amides is 1. The van der Waals surface area contributed by atoms with Crippen molar-refractivity contribution in [2.45, 2.75) is 32.4 Å². The van der Waals surface area contributed by atoms with Gasteiger partial charge in [-0.2, -0.15) is 0 Å². The number of hydrogen-bond donors (Lipinski definition) is 0. The van der Waals surface area contributed by atoms with Crippen LogP contribution in [0.5, 0.6) is 11.5 Å². The second-order valence-corrected chi connectivity index (χ2v) is 9.32. The van der Waals surface area contributed by atoms with E-state index in [-0.39, 0.29) is 17.4 Å². The van der Waals surface area contributed by atoms with Crippen LogP contribution in [0.25, 0.3) is 0 Å². The van der Waals surface area contributed by atoms with Crippen molar-refractivity contribution in [3.63, 3.8) is 0 Å². The van der Waals surface area contributed by atoms with Gasteiger partial charge in [0.05, 0.1) is 37.9 Å². The van der Waals surface area contributed by atoms with Gasteiger partial charge in [0.25, 0.3) is 5.91 Å². The Morgan fingerprint density at radius 3 is 2.80 bits per heavy atom. The fraction of sp³-hybridized carbons (Fsp3) is 0.522. The molecule has 30 heavy (non-hydrogen) atoms. The van der Waals surface area contributed by atoms with Crippen molar-refractivity contribution in [3.05, 3.63) is 46.2 Å². The minimum atomic E-state index is 0.0397. The minimum absolute atomic E-state index is 0.0397. The van der Waals surface area contributed by atoms with Crippen LogP contribution in [0.1, 0.15) is 35.0 Å². The van der Waals surface area contributed by atoms with Crippen LogP contribution in [0.4, 0.5) is 0 Å². The zero-order chi connectivity index (χ0) is 21.0. The Morgan fingerprint density at radius 1 is 1.30 bits per heavy atom. The topological polar surface area (TPSA) is 57.2 Å². The van der Waals surface area contributed by atoms with Crippen molar-refractivity contribution in [2.24, 2.45) is 5.41 Å². The zero-order valence-electron chi connectivity index (χ0n) is 17.6. The zero-order valence-corrected chi connectivity index (χ0v) is 18.4. The maximum atomic E-state index is 13.1. The third kappa shape index (κ3) is 4.96. The standard InChI is InChI=1S/C23H29NO5S/c1-23(14-27-15-23)16-29-20-11-17(7-8-19(20)26-2)12-24(13-18-5-3-9-28-18)22(25)21-6-4-10-30-21/h4,6-8,10-11,18H,3,5,9,12-16H2,1-2H3/t18-/m1/s1. The first-order chi connectivity index (χ1) is 14.6. The lowest BCUT2D eigenvalue weighted by atomic mass is 9.90. The van der Waals surface area contributed by atoms with Gasteiger partial charge in [-0.05, 0) is 42.0 Å². The van der Waals surface area contributed by atoms with E-state index in [4.69, 9.17) is 18.9 Å². The van der Waals surface area contributed by atoms with Crippen LogP contribution in [-0.4, -0.2) is 57.0 Å². The molecule has 7 heteroatoms. The molecule has 0 aliphatic carbocycles. The van der Waals surface area contributed by atoms with Crippen LogP contribution < -0.4 is 9.47 Å². The smallest absolute Gasteiger partial charge is 0.264 e. The highest BCUT2D eigenvalue weighted by molar-refractivity contribution is 7.12. The number of rotatable bonds is 9. The van der Waals surface area contributed by atoms with E-state index in [1.165, 1.54) is 11.3 Å². The first kappa shape index (κ1) is 21.2. The molecule has 162 valence electrons. The van der Waals surface area contributed by atoms with Gasteiger partial charge in [-0.25, -0.2) is 0 Å². The third-order valence-corrected chi connectivity index (χ3v) is 6.40. The average Bonchev–Trinajstić information content (AvgIpc) is 3.44. The maximum Gasteiger partial charge on any atom is 0.264 e. The number of methoxy groups -OCH3 is 1. The van der Waals surface area contributed by atoms with E-state index in [1.807, 2.05) is 40.6 Å². The molecule has 6 nitrogen and oxygen atoms in total. The highest BCUT2D eigenvalue weighted by Crippen LogP contribution is 2.33. The lowest BCUT2D eigenvalue weighted by Gasteiger charge is -2.37. The van der Waals surface area contributed by atoms with Gasteiger partial charge >= 0.3 is 0 Å². The fourth-order valence-corrected chi connectivity index (χ4v) is 4.44. The van der Waals surface area contributed by atoms with Gasteiger partial charge in [0, 0.05) is 25.1 Å². The van der Waals surface area contributed by atoms with Gasteiger partial charge in [-0.1, -0.05) is 19.1 Å². The van der Waals surface area contributed by atoms with Crippen molar-refractivity contribution in [3.8, 4) is 11.5 Å². The van der Waals surface area contributed by atoms with E-state index in [9.17, 15) is 4.79 Å². The average molecular weight is 432 g/mol. The van der Waals surface area contributed by atoms with Gasteiger partial charge in [0.1, 0.15) is 0 Å². The normalized spacial score (nSPS) is 19.9. The van der Waals surface area contributed by atoms with Crippen molar-refractivity contribution in [1.82, 2.24) is 4.90 Å². The number of ether oxygens (including phenoxy) is 4. The summed E-state index contributed by atoms with van der Waals surface area (Å²) in [4.78, 5) is 15.8. The summed E-state index contributed by atoms with van der Waals surface area (Å²) >= 11 is 1.47. The molecule has 2 fully saturated rings. The Hall–Kier alpha value is -2.09. The summed E-state index contributed by atoms with van der Waals surface area (Å²) in [6.07, 6.45) is 2.14. The maximum absolute atomic E-state index is 13.1. The molecule has 3 heterocycles. The summed E-state index contributed by atoms with van der Waals surface area (Å²) in [7, 11) is 1.64. The first-order valence-corrected chi connectivity index (χ1v) is 11.3. The summed E-state index contributed by atoms with van der Waals surface area (Å²) in [5.74, 6) is 1.43. The van der Waals surface area contributed by atoms with Crippen LogP contribution in [-0.2, 0) is 16.0 Å². The van der Waals surface area contributed by atoms with E-state index in [0.29, 0.717) is 44.4 Å². The molecule has 2 aliphatic rings. The lowest BCUT2D eigenvalue weighted by molar-refractivity contribution is -0.120. The molecule has 0 N–H and O–H groups in total. The fourth-order valence-electron chi connectivity index (χ4n) is 3.75. The third-order valence-electron chi connectivity index (χ3n) is 5.55. The van der Waals surface area contributed by atoms with Gasteiger partial charge in [-0.3, -0.25) is 4.79 Å². The van der Waals surface area contributed by atoms with E-state index < -0.39 is 0 Å². The molecule has 1 atom stereocenters. The van der Waals surface area contributed by atoms with E-state index in [0.717, 1.165) is 29.9 Å².